The molecule has 1 aromatic rings. The van der Waals surface area contributed by atoms with Gasteiger partial charge < -0.3 is 15.5 Å². The Labute approximate surface area is 182 Å². The number of aromatic nitrogens is 1. The van der Waals surface area contributed by atoms with Crippen LogP contribution in [0.1, 0.15) is 38.8 Å². The summed E-state index contributed by atoms with van der Waals surface area (Å²) in [6.45, 7) is 6.12. The van der Waals surface area contributed by atoms with Gasteiger partial charge in [0.25, 0.3) is 0 Å². The molecule has 2 fully saturated rings. The molecule has 0 spiro atoms. The first-order valence-electron chi connectivity index (χ1n) is 9.47. The number of piperazine rings is 1. The van der Waals surface area contributed by atoms with Crippen LogP contribution in [0.4, 0.5) is 19.0 Å². The van der Waals surface area contributed by atoms with Crippen molar-refractivity contribution in [2.24, 2.45) is 17.6 Å². The number of pyridine rings is 1. The fraction of sp³-hybridized carbons (Fsp3) is 0.684. The summed E-state index contributed by atoms with van der Waals surface area (Å²) in [6.07, 6.45) is -2.08. The van der Waals surface area contributed by atoms with Gasteiger partial charge in [-0.2, -0.15) is 13.2 Å². The lowest BCUT2D eigenvalue weighted by atomic mass is 9.85. The topological polar surface area (TPSA) is 62.5 Å². The minimum atomic E-state index is -4.46. The molecule has 0 radical (unpaired) electrons. The number of alkyl halides is 3. The van der Waals surface area contributed by atoms with Crippen molar-refractivity contribution < 1.29 is 18.0 Å². The molecule has 5 nitrogen and oxygen atoms in total. The number of hydrogen-bond acceptors (Lipinski definition) is 4. The summed E-state index contributed by atoms with van der Waals surface area (Å²) < 4.78 is 38.6. The van der Waals surface area contributed by atoms with Crippen LogP contribution in [0, 0.1) is 11.8 Å². The van der Waals surface area contributed by atoms with Crippen molar-refractivity contribution in [3.8, 4) is 0 Å². The minimum absolute atomic E-state index is 0. The van der Waals surface area contributed by atoms with E-state index in [9.17, 15) is 18.0 Å². The largest absolute Gasteiger partial charge is 0.433 e. The fourth-order valence-electron chi connectivity index (χ4n) is 4.01. The lowest BCUT2D eigenvalue weighted by molar-refractivity contribution is -0.141. The third-order valence-corrected chi connectivity index (χ3v) is 6.02. The molecule has 1 aromatic heterocycles. The van der Waals surface area contributed by atoms with Crippen LogP contribution in [0.25, 0.3) is 0 Å². The summed E-state index contributed by atoms with van der Waals surface area (Å²) in [7, 11) is 0. The Hall–Kier alpha value is -1.25. The maximum absolute atomic E-state index is 12.9. The molecule has 3 rings (SSSR count). The van der Waals surface area contributed by atoms with E-state index in [1.807, 2.05) is 4.90 Å². The van der Waals surface area contributed by atoms with Gasteiger partial charge in [0.1, 0.15) is 11.5 Å². The molecule has 2 aliphatic rings. The average Bonchev–Trinajstić information content (AvgIpc) is 3.04. The van der Waals surface area contributed by atoms with Gasteiger partial charge in [-0.25, -0.2) is 4.98 Å². The second-order valence-electron chi connectivity index (χ2n) is 8.02. The first-order valence-corrected chi connectivity index (χ1v) is 9.47. The van der Waals surface area contributed by atoms with E-state index in [0.717, 1.165) is 18.9 Å². The lowest BCUT2D eigenvalue weighted by Gasteiger charge is -2.37. The van der Waals surface area contributed by atoms with Gasteiger partial charge in [0.15, 0.2) is 0 Å². The van der Waals surface area contributed by atoms with Gasteiger partial charge >= 0.3 is 6.18 Å². The number of amides is 1. The highest BCUT2D eigenvalue weighted by molar-refractivity contribution is 5.85. The van der Waals surface area contributed by atoms with Crippen LogP contribution >= 0.6 is 24.8 Å². The molecule has 1 aliphatic heterocycles. The molecule has 1 aliphatic carbocycles. The third-order valence-electron chi connectivity index (χ3n) is 6.02. The Balaban J connectivity index is 0.00000210. The number of carbonyl (C=O) groups excluding carboxylic acids is 1. The summed E-state index contributed by atoms with van der Waals surface area (Å²) >= 11 is 0. The molecule has 29 heavy (non-hydrogen) atoms. The van der Waals surface area contributed by atoms with Crippen molar-refractivity contribution in [2.75, 3.05) is 31.1 Å². The standard InChI is InChI=1S/C19H27F3N4O.2ClH/c1-13(2)18(23)7-6-14(12-18)17(27)26-10-8-25(9-11-26)16-5-3-4-15(24-16)19(20,21)22;;/h3-5,13-14H,6-12,23H2,1-2H3;2*1H. The van der Waals surface area contributed by atoms with Crippen molar-refractivity contribution in [3.63, 3.8) is 0 Å². The Kier molecular flexibility index (Phi) is 8.63. The molecule has 2 unspecified atom stereocenters. The molecular weight excluding hydrogens is 428 g/mol. The smallest absolute Gasteiger partial charge is 0.353 e. The zero-order valence-corrected chi connectivity index (χ0v) is 18.2. The number of halogens is 5. The zero-order valence-electron chi connectivity index (χ0n) is 16.6. The second kappa shape index (κ2) is 9.71. The number of carbonyl (C=O) groups is 1. The van der Waals surface area contributed by atoms with E-state index in [-0.39, 0.29) is 42.2 Å². The normalized spacial score (nSPS) is 24.9. The summed E-state index contributed by atoms with van der Waals surface area (Å²) in [6, 6.07) is 3.92. The lowest BCUT2D eigenvalue weighted by Crippen LogP contribution is -2.51. The highest BCUT2D eigenvalue weighted by Gasteiger charge is 2.42. The van der Waals surface area contributed by atoms with Crippen molar-refractivity contribution in [1.29, 1.82) is 0 Å². The van der Waals surface area contributed by atoms with Gasteiger partial charge in [-0.15, -0.1) is 24.8 Å². The van der Waals surface area contributed by atoms with Gasteiger partial charge in [0, 0.05) is 37.6 Å². The van der Waals surface area contributed by atoms with Crippen molar-refractivity contribution >= 4 is 36.5 Å². The van der Waals surface area contributed by atoms with Crippen LogP contribution in [0.5, 0.6) is 0 Å². The van der Waals surface area contributed by atoms with Crippen molar-refractivity contribution in [3.05, 3.63) is 23.9 Å². The van der Waals surface area contributed by atoms with Crippen LogP contribution in [0.15, 0.2) is 18.2 Å². The number of hydrogen-bond donors (Lipinski definition) is 1. The summed E-state index contributed by atoms with van der Waals surface area (Å²) in [5.74, 6) is 0.716. The molecule has 1 saturated heterocycles. The number of nitrogens with zero attached hydrogens (tertiary/aromatic N) is 3. The van der Waals surface area contributed by atoms with E-state index in [1.54, 1.807) is 11.0 Å². The SMILES string of the molecule is CC(C)C1(N)CCC(C(=O)N2CCN(c3cccc(C(F)(F)F)n3)CC2)C1.Cl.Cl. The van der Waals surface area contributed by atoms with Gasteiger partial charge in [0.2, 0.25) is 5.91 Å². The quantitative estimate of drug-likeness (QED) is 0.751. The third kappa shape index (κ3) is 5.67. The van der Waals surface area contributed by atoms with Crippen LogP contribution < -0.4 is 10.6 Å². The monoisotopic (exact) mass is 456 g/mol. The van der Waals surface area contributed by atoms with Gasteiger partial charge in [-0.1, -0.05) is 19.9 Å². The van der Waals surface area contributed by atoms with Crippen molar-refractivity contribution in [1.82, 2.24) is 9.88 Å². The van der Waals surface area contributed by atoms with Gasteiger partial charge in [-0.05, 0) is 37.3 Å². The Bertz CT molecular complexity index is 696. The Morgan fingerprint density at radius 1 is 1.21 bits per heavy atom. The molecule has 2 heterocycles. The molecule has 1 amide bonds. The maximum Gasteiger partial charge on any atom is 0.433 e. The summed E-state index contributed by atoms with van der Waals surface area (Å²) in [5, 5.41) is 0. The number of rotatable bonds is 3. The highest BCUT2D eigenvalue weighted by Crippen LogP contribution is 2.38. The van der Waals surface area contributed by atoms with E-state index in [0.29, 0.717) is 44.3 Å². The number of nitrogens with two attached hydrogens (primary N) is 1. The van der Waals surface area contributed by atoms with E-state index in [4.69, 9.17) is 5.73 Å². The predicted octanol–water partition coefficient (Wildman–Crippen LogP) is 3.75. The fourth-order valence-corrected chi connectivity index (χ4v) is 4.01. The molecule has 10 heteroatoms. The van der Waals surface area contributed by atoms with Crippen LogP contribution in [0.3, 0.4) is 0 Å². The summed E-state index contributed by atoms with van der Waals surface area (Å²) in [4.78, 5) is 20.2. The molecule has 2 N–H and O–H groups in total. The zero-order chi connectivity index (χ0) is 19.8. The van der Waals surface area contributed by atoms with E-state index in [1.165, 1.54) is 6.07 Å². The van der Waals surface area contributed by atoms with E-state index < -0.39 is 11.9 Å². The molecule has 0 bridgehead atoms. The summed E-state index contributed by atoms with van der Waals surface area (Å²) in [5.41, 5.74) is 5.26. The van der Waals surface area contributed by atoms with E-state index in [2.05, 4.69) is 18.8 Å². The first-order chi connectivity index (χ1) is 12.6. The molecular formula is C19H29Cl2F3N4O. The van der Waals surface area contributed by atoms with Gasteiger partial charge in [-0.3, -0.25) is 4.79 Å². The highest BCUT2D eigenvalue weighted by atomic mass is 35.5. The van der Waals surface area contributed by atoms with Crippen LogP contribution in [-0.2, 0) is 11.0 Å². The second-order valence-corrected chi connectivity index (χ2v) is 8.02. The maximum atomic E-state index is 12.9. The molecule has 166 valence electrons. The van der Waals surface area contributed by atoms with Crippen LogP contribution in [0.2, 0.25) is 0 Å². The average molecular weight is 457 g/mol. The Morgan fingerprint density at radius 2 is 1.83 bits per heavy atom. The predicted molar refractivity (Wildman–Crippen MR) is 112 cm³/mol. The number of anilines is 1. The Morgan fingerprint density at radius 3 is 2.34 bits per heavy atom. The molecule has 2 atom stereocenters. The molecule has 0 aromatic carbocycles. The minimum Gasteiger partial charge on any atom is -0.353 e. The van der Waals surface area contributed by atoms with Crippen LogP contribution in [-0.4, -0.2) is 47.5 Å². The van der Waals surface area contributed by atoms with Gasteiger partial charge in [0.05, 0.1) is 0 Å². The van der Waals surface area contributed by atoms with E-state index >= 15 is 0 Å². The first kappa shape index (κ1) is 25.8. The molecule has 1 saturated carbocycles. The van der Waals surface area contributed by atoms with Crippen molar-refractivity contribution in [2.45, 2.75) is 44.8 Å².